The minimum atomic E-state index is -2.74. The Morgan fingerprint density at radius 1 is 0.819 bits per heavy atom. The predicted octanol–water partition coefficient (Wildman–Crippen LogP) is 3.29. The molecule has 72 heavy (non-hydrogen) atoms. The number of piperidine rings is 4. The van der Waals surface area contributed by atoms with Gasteiger partial charge in [0.1, 0.15) is 12.3 Å². The van der Waals surface area contributed by atoms with Crippen molar-refractivity contribution in [1.29, 1.82) is 0 Å². The highest BCUT2D eigenvalue weighted by Crippen LogP contribution is 2.38. The predicted molar refractivity (Wildman–Crippen MR) is 270 cm³/mol. The van der Waals surface area contributed by atoms with Crippen molar-refractivity contribution in [2.24, 2.45) is 17.8 Å². The van der Waals surface area contributed by atoms with Crippen molar-refractivity contribution < 1.29 is 33.1 Å². The molecule has 7 fully saturated rings. The number of carbonyl (C=O) groups excluding carboxylic acids is 4. The van der Waals surface area contributed by atoms with E-state index in [0.717, 1.165) is 80.8 Å². The van der Waals surface area contributed by atoms with E-state index in [9.17, 15) is 24.3 Å². The minimum Gasteiger partial charge on any atom is -0.389 e. The maximum atomic E-state index is 15.9. The average molecular weight is 997 g/mol. The van der Waals surface area contributed by atoms with Gasteiger partial charge in [-0.2, -0.15) is 5.01 Å². The van der Waals surface area contributed by atoms with E-state index in [-0.39, 0.29) is 61.3 Å². The van der Waals surface area contributed by atoms with Gasteiger partial charge in [-0.15, -0.1) is 0 Å². The number of anilines is 3. The summed E-state index contributed by atoms with van der Waals surface area (Å²) in [7, 11) is 0. The second-order valence-electron chi connectivity index (χ2n) is 22.4. The molecule has 4 amide bonds. The van der Waals surface area contributed by atoms with E-state index in [0.29, 0.717) is 96.1 Å². The zero-order chi connectivity index (χ0) is 49.7. The van der Waals surface area contributed by atoms with E-state index in [1.165, 1.54) is 0 Å². The summed E-state index contributed by atoms with van der Waals surface area (Å²) in [6, 6.07) is 13.6. The second kappa shape index (κ2) is 20.5. The fourth-order valence-electron chi connectivity index (χ4n) is 13.3. The van der Waals surface area contributed by atoms with Crippen molar-refractivity contribution in [3.63, 3.8) is 0 Å². The number of aliphatic hydroxyl groups is 1. The van der Waals surface area contributed by atoms with Gasteiger partial charge in [0.05, 0.1) is 36.9 Å². The first-order valence-corrected chi connectivity index (χ1v) is 27.0. The fourth-order valence-corrected chi connectivity index (χ4v) is 13.3. The molecule has 0 spiro atoms. The summed E-state index contributed by atoms with van der Waals surface area (Å²) in [5.74, 6) is -3.86. The number of amides is 4. The maximum Gasteiger partial charge on any atom is 0.263 e. The number of nitrogens with one attached hydrogen (secondary N) is 5. The molecule has 6 unspecified atom stereocenters. The molecule has 390 valence electrons. The first kappa shape index (κ1) is 49.5. The molecule has 0 aliphatic carbocycles. The van der Waals surface area contributed by atoms with Crippen LogP contribution in [0, 0.1) is 17.8 Å². The molecule has 2 bridgehead atoms. The van der Waals surface area contributed by atoms with Crippen LogP contribution in [0.3, 0.4) is 0 Å². The van der Waals surface area contributed by atoms with Crippen LogP contribution in [0.5, 0.6) is 0 Å². The molecule has 2 aromatic carbocycles. The first-order valence-electron chi connectivity index (χ1n) is 27.0. The van der Waals surface area contributed by atoms with Crippen LogP contribution >= 0.6 is 0 Å². The Morgan fingerprint density at radius 2 is 1.57 bits per heavy atom. The van der Waals surface area contributed by atoms with Crippen molar-refractivity contribution >= 4 is 40.7 Å². The van der Waals surface area contributed by atoms with Crippen LogP contribution in [0.15, 0.2) is 54.6 Å². The van der Waals surface area contributed by atoms with Gasteiger partial charge in [-0.1, -0.05) is 18.2 Å². The quantitative estimate of drug-likeness (QED) is 0.152. The number of alkyl halides is 2. The van der Waals surface area contributed by atoms with Gasteiger partial charge in [0.15, 0.2) is 0 Å². The van der Waals surface area contributed by atoms with Crippen LogP contribution in [0.4, 0.5) is 25.8 Å². The lowest BCUT2D eigenvalue weighted by Crippen LogP contribution is -2.69. The highest BCUT2D eigenvalue weighted by atomic mass is 19.3. The SMILES string of the molecule is C[C@@]1(O)CC/C=C\CN2C(=O)C3CNC(Nc4ccc(N5CCN(CC(F)(F)C6CCN(CC7CCN(c8ccc9c(c8)C(=O)N(C8CCC(=O)NC8=O)C9)CC7)CC6)CC5)cc4)NC3N2C2CCCC1N2. The number of fused-ring (bicyclic) bond motifs is 7. The maximum absolute atomic E-state index is 15.9. The number of nitrogens with zero attached hydrogens (tertiary/aromatic N) is 7. The van der Waals surface area contributed by atoms with Crippen molar-refractivity contribution in [1.82, 2.24) is 46.0 Å². The third kappa shape index (κ3) is 10.2. The van der Waals surface area contributed by atoms with Crippen LogP contribution in [-0.4, -0.2) is 174 Å². The zero-order valence-corrected chi connectivity index (χ0v) is 41.8. The third-order valence-corrected chi connectivity index (χ3v) is 17.6. The van der Waals surface area contributed by atoms with Gasteiger partial charge >= 0.3 is 0 Å². The molecule has 9 aliphatic heterocycles. The lowest BCUT2D eigenvalue weighted by atomic mass is 9.85. The molecule has 0 saturated carbocycles. The molecule has 7 saturated heterocycles. The van der Waals surface area contributed by atoms with Gasteiger partial charge in [-0.25, -0.2) is 8.78 Å². The number of imide groups is 1. The largest absolute Gasteiger partial charge is 0.389 e. The zero-order valence-electron chi connectivity index (χ0n) is 41.8. The average Bonchev–Trinajstić information content (AvgIpc) is 3.85. The number of likely N-dealkylation sites (tertiary alicyclic amines) is 1. The first-order chi connectivity index (χ1) is 34.8. The topological polar surface area (TPSA) is 171 Å². The van der Waals surface area contributed by atoms with E-state index >= 15 is 8.78 Å². The Balaban J connectivity index is 0.604. The minimum absolute atomic E-state index is 0.0486. The summed E-state index contributed by atoms with van der Waals surface area (Å²) in [5, 5.41) is 32.3. The molecule has 9 aliphatic rings. The Hall–Kier alpha value is -4.76. The van der Waals surface area contributed by atoms with E-state index < -0.39 is 29.4 Å². The van der Waals surface area contributed by atoms with Gasteiger partial charge in [-0.3, -0.25) is 50.4 Å². The number of benzene rings is 2. The Morgan fingerprint density at radius 3 is 2.33 bits per heavy atom. The van der Waals surface area contributed by atoms with E-state index in [2.05, 4.69) is 88.8 Å². The molecule has 17 nitrogen and oxygen atoms in total. The van der Waals surface area contributed by atoms with E-state index in [1.54, 1.807) is 4.90 Å². The molecule has 19 heteroatoms. The van der Waals surface area contributed by atoms with E-state index in [4.69, 9.17) is 0 Å². The molecule has 2 aromatic rings. The monoisotopic (exact) mass is 997 g/mol. The second-order valence-corrected chi connectivity index (χ2v) is 22.4. The number of hydrazine groups is 1. The summed E-state index contributed by atoms with van der Waals surface area (Å²) >= 11 is 0. The normalized spacial score (nSPS) is 32.3. The molecular weight excluding hydrogens is 923 g/mol. The van der Waals surface area contributed by atoms with Crippen molar-refractivity contribution in [2.45, 2.75) is 126 Å². The van der Waals surface area contributed by atoms with Crippen LogP contribution in [0.1, 0.15) is 93.5 Å². The van der Waals surface area contributed by atoms with Gasteiger partial charge in [-0.05, 0) is 132 Å². The van der Waals surface area contributed by atoms with Crippen LogP contribution < -0.4 is 36.4 Å². The molecule has 7 atom stereocenters. The highest BCUT2D eigenvalue weighted by Gasteiger charge is 2.53. The molecule has 9 heterocycles. The van der Waals surface area contributed by atoms with Crippen LogP contribution in [-0.2, 0) is 20.9 Å². The lowest BCUT2D eigenvalue weighted by Gasteiger charge is -2.47. The highest BCUT2D eigenvalue weighted by molar-refractivity contribution is 6.05. The standard InChI is InChI=1S/C53H74F2N12O5/c1-52(72)20-3-2-4-21-66-50(71)42-31-56-51(60-47(42)67(66)45-7-5-6-44(52)58-45)57-38-9-12-39(13-10-38)64-28-26-62(27-29-64)34-53(54,55)37-18-22-61(23-19-37)32-35-16-24-63(25-17-35)40-11-8-36-33-65(49(70)41(36)30-40)43-14-15-46(68)59-48(43)69/h2,4,8-13,30,35,37,42-45,47,51,56-58,60,72H,3,5-7,14-29,31-34H2,1H3,(H,59,68,69)/b4-2-/t42?,43?,44?,45?,47?,51?,52-/m1/s1. The number of hydrogen-bond acceptors (Lipinski definition) is 14. The van der Waals surface area contributed by atoms with Crippen molar-refractivity contribution in [2.75, 3.05) is 93.7 Å². The molecule has 11 rings (SSSR count). The summed E-state index contributed by atoms with van der Waals surface area (Å²) in [5.41, 5.74) is 3.70. The lowest BCUT2D eigenvalue weighted by molar-refractivity contribution is -0.146. The van der Waals surface area contributed by atoms with Crippen molar-refractivity contribution in [3.8, 4) is 0 Å². The number of hydrogen-bond donors (Lipinski definition) is 6. The third-order valence-electron chi connectivity index (χ3n) is 17.6. The van der Waals surface area contributed by atoms with E-state index in [1.807, 2.05) is 29.0 Å². The summed E-state index contributed by atoms with van der Waals surface area (Å²) in [6.45, 7) is 9.72. The Bertz CT molecular complexity index is 2350. The molecule has 0 radical (unpaired) electrons. The van der Waals surface area contributed by atoms with Gasteiger partial charge in [0, 0.05) is 99.9 Å². The van der Waals surface area contributed by atoms with Crippen LogP contribution in [0.25, 0.3) is 0 Å². The number of allylic oxidation sites excluding steroid dienone is 1. The fraction of sp³-hybridized carbons (Fsp3) is 0.660. The molecule has 6 N–H and O–H groups in total. The summed E-state index contributed by atoms with van der Waals surface area (Å²) < 4.78 is 31.9. The summed E-state index contributed by atoms with van der Waals surface area (Å²) in [4.78, 5) is 61.9. The van der Waals surface area contributed by atoms with Crippen LogP contribution in [0.2, 0.25) is 0 Å². The smallest absolute Gasteiger partial charge is 0.263 e. The van der Waals surface area contributed by atoms with Gasteiger partial charge < -0.3 is 30.0 Å². The number of halogens is 2. The van der Waals surface area contributed by atoms with Gasteiger partial charge in [0.25, 0.3) is 11.8 Å². The Labute approximate surface area is 422 Å². The number of carbonyl (C=O) groups is 4. The Kier molecular flexibility index (Phi) is 14.1. The summed E-state index contributed by atoms with van der Waals surface area (Å²) in [6.07, 6.45) is 11.4. The molecule has 0 aromatic heterocycles. The van der Waals surface area contributed by atoms with Gasteiger partial charge in [0.2, 0.25) is 17.7 Å². The number of piperazine rings is 1. The number of rotatable bonds is 10. The molecular formula is C53H74F2N12O5. The van der Waals surface area contributed by atoms with Crippen molar-refractivity contribution in [3.05, 3.63) is 65.7 Å².